The molecule has 240 valence electrons. The average molecular weight is 645 g/mol. The first-order chi connectivity index (χ1) is 22.7. The molecule has 0 bridgehead atoms. The van der Waals surface area contributed by atoms with Gasteiger partial charge in [0.15, 0.2) is 23.6 Å². The number of halogens is 4. The molecule has 1 N–H and O–H groups in total. The predicted octanol–water partition coefficient (Wildman–Crippen LogP) is 5.32. The van der Waals surface area contributed by atoms with Gasteiger partial charge in [0.1, 0.15) is 29.4 Å². The maximum absolute atomic E-state index is 16.7. The Morgan fingerprint density at radius 1 is 1.11 bits per heavy atom. The minimum Gasteiger partial charge on any atom is -0.508 e. The number of piperazine rings is 1. The monoisotopic (exact) mass is 644 g/mol. The van der Waals surface area contributed by atoms with Crippen molar-refractivity contribution in [3.05, 3.63) is 59.8 Å². The molecule has 14 heteroatoms. The Kier molecular flexibility index (Phi) is 7.68. The average Bonchev–Trinajstić information content (AvgIpc) is 3.63. The van der Waals surface area contributed by atoms with Crippen LogP contribution in [-0.2, 0) is 0 Å². The molecule has 4 aromatic rings. The molecule has 10 nitrogen and oxygen atoms in total. The zero-order valence-corrected chi connectivity index (χ0v) is 25.1. The second kappa shape index (κ2) is 11.9. The van der Waals surface area contributed by atoms with Gasteiger partial charge in [0.05, 0.1) is 35.8 Å². The van der Waals surface area contributed by atoms with Crippen molar-refractivity contribution in [3.63, 3.8) is 0 Å². The maximum atomic E-state index is 16.7. The van der Waals surface area contributed by atoms with Crippen LogP contribution in [0, 0.1) is 40.2 Å². The van der Waals surface area contributed by atoms with Crippen LogP contribution in [0.4, 0.5) is 23.4 Å². The number of aromatic hydroxyl groups is 1. The summed E-state index contributed by atoms with van der Waals surface area (Å²) in [6.07, 6.45) is 6.30. The fourth-order valence-corrected chi connectivity index (χ4v) is 7.19. The lowest BCUT2D eigenvalue weighted by Gasteiger charge is -2.38. The van der Waals surface area contributed by atoms with E-state index in [1.54, 1.807) is 0 Å². The number of anilines is 1. The van der Waals surface area contributed by atoms with Crippen LogP contribution < -0.4 is 9.64 Å². The van der Waals surface area contributed by atoms with Gasteiger partial charge in [-0.2, -0.15) is 20.5 Å². The Morgan fingerprint density at radius 3 is 2.74 bits per heavy atom. The van der Waals surface area contributed by atoms with Crippen molar-refractivity contribution in [2.24, 2.45) is 0 Å². The van der Waals surface area contributed by atoms with Crippen molar-refractivity contribution in [3.8, 4) is 35.3 Å². The van der Waals surface area contributed by atoms with E-state index in [0.29, 0.717) is 31.4 Å². The largest absolute Gasteiger partial charge is 0.508 e. The summed E-state index contributed by atoms with van der Waals surface area (Å²) < 4.78 is 65.8. The number of phenols is 1. The predicted molar refractivity (Wildman–Crippen MR) is 163 cm³/mol. The third-order valence-electron chi connectivity index (χ3n) is 9.44. The summed E-state index contributed by atoms with van der Waals surface area (Å²) in [6, 6.07) is 6.05. The minimum absolute atomic E-state index is 0.0721. The van der Waals surface area contributed by atoms with Crippen molar-refractivity contribution >= 4 is 27.5 Å². The van der Waals surface area contributed by atoms with Crippen molar-refractivity contribution in [1.82, 2.24) is 24.8 Å². The zero-order chi connectivity index (χ0) is 32.9. The number of rotatable bonds is 6. The number of ether oxygens (including phenoxy) is 1. The molecule has 2 aromatic carbocycles. The summed E-state index contributed by atoms with van der Waals surface area (Å²) in [5, 5.41) is 29.5. The molecule has 0 amide bonds. The second-order valence-corrected chi connectivity index (χ2v) is 12.2. The number of nitrogens with zero attached hydrogens (tertiary/aromatic N) is 8. The van der Waals surface area contributed by atoms with Crippen LogP contribution in [0.15, 0.2) is 42.4 Å². The molecule has 2 atom stereocenters. The standard InChI is InChI=1S/C33H28F4N8O2/c34-13-19-12-33(5-1-7-45(33)15-19)17-47-32-41-30-24(31(42-32)43-8-9-44(18-39)21(16-43)4-6-38)14-40-29(28(30)37)23-11-22(46)10-20-2-3-25(35)27(36)26(20)23/h2-3,10-11,13-14,21,46H,1,4-5,7-9,12,15-17H2/b19-13-. The van der Waals surface area contributed by atoms with E-state index in [4.69, 9.17) is 4.74 Å². The minimum atomic E-state index is -1.22. The summed E-state index contributed by atoms with van der Waals surface area (Å²) in [6.45, 7) is 2.22. The summed E-state index contributed by atoms with van der Waals surface area (Å²) in [4.78, 5) is 18.9. The van der Waals surface area contributed by atoms with Crippen LogP contribution in [0.3, 0.4) is 0 Å². The van der Waals surface area contributed by atoms with Crippen LogP contribution in [0.25, 0.3) is 32.9 Å². The first kappa shape index (κ1) is 30.4. The highest BCUT2D eigenvalue weighted by molar-refractivity contribution is 6.00. The molecule has 0 aliphatic carbocycles. The number of phenolic OH excluding ortho intramolecular Hbond substituents is 1. The number of benzene rings is 2. The van der Waals surface area contributed by atoms with E-state index in [0.717, 1.165) is 31.5 Å². The number of nitriles is 2. The highest BCUT2D eigenvalue weighted by Gasteiger charge is 2.47. The van der Waals surface area contributed by atoms with Gasteiger partial charge in [-0.15, -0.1) is 0 Å². The Labute approximate surface area is 266 Å². The van der Waals surface area contributed by atoms with Crippen molar-refractivity contribution in [1.29, 1.82) is 10.5 Å². The number of fused-ring (bicyclic) bond motifs is 3. The molecule has 2 unspecified atom stereocenters. The Balaban J connectivity index is 1.36. The Hall–Kier alpha value is -5.21. The molecule has 0 spiro atoms. The lowest BCUT2D eigenvalue weighted by molar-refractivity contribution is 0.108. The fraction of sp³-hybridized carbons (Fsp3) is 0.364. The second-order valence-electron chi connectivity index (χ2n) is 12.2. The highest BCUT2D eigenvalue weighted by Crippen LogP contribution is 2.42. The van der Waals surface area contributed by atoms with Gasteiger partial charge < -0.3 is 19.6 Å². The molecule has 3 fully saturated rings. The molecule has 0 saturated carbocycles. The van der Waals surface area contributed by atoms with Crippen molar-refractivity contribution in [2.45, 2.75) is 37.3 Å². The maximum Gasteiger partial charge on any atom is 0.319 e. The lowest BCUT2D eigenvalue weighted by Crippen LogP contribution is -2.51. The molecule has 0 radical (unpaired) electrons. The van der Waals surface area contributed by atoms with Crippen LogP contribution in [0.1, 0.15) is 25.7 Å². The molecule has 3 saturated heterocycles. The topological polar surface area (TPSA) is 125 Å². The van der Waals surface area contributed by atoms with E-state index in [1.807, 2.05) is 4.90 Å². The Morgan fingerprint density at radius 2 is 1.96 bits per heavy atom. The van der Waals surface area contributed by atoms with E-state index in [9.17, 15) is 24.4 Å². The number of hydrogen-bond donors (Lipinski definition) is 1. The first-order valence-electron chi connectivity index (χ1n) is 15.2. The third kappa shape index (κ3) is 5.19. The third-order valence-corrected chi connectivity index (χ3v) is 9.44. The van der Waals surface area contributed by atoms with Gasteiger partial charge in [-0.1, -0.05) is 6.07 Å². The Bertz CT molecular complexity index is 2030. The molecular formula is C33H28F4N8O2. The molecule has 3 aliphatic heterocycles. The van der Waals surface area contributed by atoms with Crippen molar-refractivity contribution < 1.29 is 27.4 Å². The van der Waals surface area contributed by atoms with Gasteiger partial charge in [0.2, 0.25) is 0 Å². The molecule has 5 heterocycles. The zero-order valence-electron chi connectivity index (χ0n) is 25.1. The van der Waals surface area contributed by atoms with E-state index < -0.39 is 29.0 Å². The molecule has 7 rings (SSSR count). The lowest BCUT2D eigenvalue weighted by atomic mass is 9.94. The summed E-state index contributed by atoms with van der Waals surface area (Å²) in [7, 11) is 0. The van der Waals surface area contributed by atoms with E-state index in [2.05, 4.69) is 32.1 Å². The summed E-state index contributed by atoms with van der Waals surface area (Å²) in [5.74, 6) is -3.38. The normalized spacial score (nSPS) is 22.2. The summed E-state index contributed by atoms with van der Waals surface area (Å²) in [5.41, 5.74) is -0.552. The van der Waals surface area contributed by atoms with Gasteiger partial charge in [-0.05, 0) is 55.0 Å². The van der Waals surface area contributed by atoms with E-state index in [1.165, 1.54) is 23.2 Å². The number of aromatic nitrogens is 3. The molecule has 47 heavy (non-hydrogen) atoms. The van der Waals surface area contributed by atoms with Crippen LogP contribution in [0.2, 0.25) is 0 Å². The van der Waals surface area contributed by atoms with Gasteiger partial charge in [0, 0.05) is 43.3 Å². The van der Waals surface area contributed by atoms with E-state index in [-0.39, 0.29) is 76.6 Å². The SMILES string of the molecule is N#CCC1CN(c2nc(OCC34CCCN3C/C(=C\F)C4)nc3c(F)c(-c4cc(O)cc5ccc(F)c(F)c45)ncc23)CCN1C#N. The van der Waals surface area contributed by atoms with Crippen molar-refractivity contribution in [2.75, 3.05) is 44.2 Å². The molecule has 2 aromatic heterocycles. The number of hydrogen-bond acceptors (Lipinski definition) is 10. The molecular weight excluding hydrogens is 616 g/mol. The first-order valence-corrected chi connectivity index (χ1v) is 15.2. The van der Waals surface area contributed by atoms with Gasteiger partial charge in [-0.3, -0.25) is 9.88 Å². The quantitative estimate of drug-likeness (QED) is 0.218. The van der Waals surface area contributed by atoms with Crippen LogP contribution in [0.5, 0.6) is 11.8 Å². The van der Waals surface area contributed by atoms with E-state index >= 15 is 8.78 Å². The van der Waals surface area contributed by atoms with Crippen LogP contribution >= 0.6 is 0 Å². The van der Waals surface area contributed by atoms with Gasteiger partial charge in [-0.25, -0.2) is 17.6 Å². The van der Waals surface area contributed by atoms with Gasteiger partial charge >= 0.3 is 6.01 Å². The highest BCUT2D eigenvalue weighted by atomic mass is 19.2. The summed E-state index contributed by atoms with van der Waals surface area (Å²) >= 11 is 0. The fourth-order valence-electron chi connectivity index (χ4n) is 7.19. The van der Waals surface area contributed by atoms with Gasteiger partial charge in [0.25, 0.3) is 0 Å². The van der Waals surface area contributed by atoms with Crippen LogP contribution in [-0.4, -0.2) is 80.8 Å². The molecule has 3 aliphatic rings. The number of pyridine rings is 1. The smallest absolute Gasteiger partial charge is 0.319 e.